The minimum Gasteiger partial charge on any atom is -0.496 e. The first-order chi connectivity index (χ1) is 9.94. The van der Waals surface area contributed by atoms with Gasteiger partial charge < -0.3 is 9.47 Å². The SMILES string of the molecule is C#Cc1ccc(OC(F)(F)F)c(-c2ccccc2OC)c1. The summed E-state index contributed by atoms with van der Waals surface area (Å²) in [5, 5.41) is 0. The zero-order valence-electron chi connectivity index (χ0n) is 11.1. The molecular formula is C16H11F3O2. The van der Waals surface area contributed by atoms with E-state index in [9.17, 15) is 13.2 Å². The lowest BCUT2D eigenvalue weighted by molar-refractivity contribution is -0.274. The molecule has 0 heterocycles. The Balaban J connectivity index is 2.62. The summed E-state index contributed by atoms with van der Waals surface area (Å²) in [7, 11) is 1.44. The van der Waals surface area contributed by atoms with Crippen LogP contribution in [0.15, 0.2) is 42.5 Å². The van der Waals surface area contributed by atoms with Crippen molar-refractivity contribution in [2.75, 3.05) is 7.11 Å². The second kappa shape index (κ2) is 5.80. The smallest absolute Gasteiger partial charge is 0.496 e. The number of terminal acetylenes is 1. The molecule has 0 aromatic heterocycles. The Hall–Kier alpha value is -2.61. The number of benzene rings is 2. The molecule has 0 atom stereocenters. The van der Waals surface area contributed by atoms with Crippen molar-refractivity contribution in [3.8, 4) is 35.0 Å². The number of ether oxygens (including phenoxy) is 2. The van der Waals surface area contributed by atoms with Gasteiger partial charge in [-0.15, -0.1) is 19.6 Å². The molecule has 0 radical (unpaired) electrons. The number of halogens is 3. The molecule has 0 aliphatic carbocycles. The van der Waals surface area contributed by atoms with Gasteiger partial charge in [-0.3, -0.25) is 0 Å². The first-order valence-corrected chi connectivity index (χ1v) is 5.94. The Morgan fingerprint density at radius 1 is 1.00 bits per heavy atom. The monoisotopic (exact) mass is 292 g/mol. The molecule has 21 heavy (non-hydrogen) atoms. The van der Waals surface area contributed by atoms with Crippen molar-refractivity contribution in [1.82, 2.24) is 0 Å². The van der Waals surface area contributed by atoms with Crippen LogP contribution in [0.1, 0.15) is 5.56 Å². The van der Waals surface area contributed by atoms with Crippen LogP contribution >= 0.6 is 0 Å². The van der Waals surface area contributed by atoms with Gasteiger partial charge in [0.2, 0.25) is 0 Å². The molecular weight excluding hydrogens is 281 g/mol. The van der Waals surface area contributed by atoms with Crippen LogP contribution in [0.5, 0.6) is 11.5 Å². The topological polar surface area (TPSA) is 18.5 Å². The first-order valence-electron chi connectivity index (χ1n) is 5.94. The van der Waals surface area contributed by atoms with Gasteiger partial charge in [-0.05, 0) is 24.3 Å². The van der Waals surface area contributed by atoms with Gasteiger partial charge in [-0.25, -0.2) is 0 Å². The van der Waals surface area contributed by atoms with Gasteiger partial charge in [0.1, 0.15) is 11.5 Å². The molecule has 0 spiro atoms. The number of methoxy groups -OCH3 is 1. The lowest BCUT2D eigenvalue weighted by Gasteiger charge is -2.15. The maximum Gasteiger partial charge on any atom is 0.573 e. The van der Waals surface area contributed by atoms with E-state index in [2.05, 4.69) is 10.7 Å². The van der Waals surface area contributed by atoms with Crippen molar-refractivity contribution in [2.24, 2.45) is 0 Å². The second-order valence-corrected chi connectivity index (χ2v) is 4.10. The van der Waals surface area contributed by atoms with Crippen LogP contribution < -0.4 is 9.47 Å². The quantitative estimate of drug-likeness (QED) is 0.788. The zero-order chi connectivity index (χ0) is 15.5. The van der Waals surface area contributed by atoms with Crippen LogP contribution in [0.2, 0.25) is 0 Å². The third-order valence-corrected chi connectivity index (χ3v) is 2.77. The average Bonchev–Trinajstić information content (AvgIpc) is 2.46. The molecule has 2 aromatic rings. The lowest BCUT2D eigenvalue weighted by atomic mass is 10.0. The number of para-hydroxylation sites is 1. The van der Waals surface area contributed by atoms with Crippen molar-refractivity contribution < 1.29 is 22.6 Å². The predicted molar refractivity (Wildman–Crippen MR) is 73.0 cm³/mol. The van der Waals surface area contributed by atoms with Crippen LogP contribution in [0.3, 0.4) is 0 Å². The summed E-state index contributed by atoms with van der Waals surface area (Å²) in [6, 6.07) is 10.7. The molecule has 0 bridgehead atoms. The van der Waals surface area contributed by atoms with E-state index >= 15 is 0 Å². The van der Waals surface area contributed by atoms with Crippen molar-refractivity contribution in [3.63, 3.8) is 0 Å². The second-order valence-electron chi connectivity index (χ2n) is 4.10. The van der Waals surface area contributed by atoms with Crippen LogP contribution in [-0.2, 0) is 0 Å². The molecule has 5 heteroatoms. The highest BCUT2D eigenvalue weighted by molar-refractivity contribution is 5.77. The van der Waals surface area contributed by atoms with Crippen molar-refractivity contribution in [1.29, 1.82) is 0 Å². The zero-order valence-corrected chi connectivity index (χ0v) is 11.1. The molecule has 0 saturated heterocycles. The van der Waals surface area contributed by atoms with Gasteiger partial charge in [-0.1, -0.05) is 24.1 Å². The number of alkyl halides is 3. The third-order valence-electron chi connectivity index (χ3n) is 2.77. The van der Waals surface area contributed by atoms with E-state index in [4.69, 9.17) is 11.2 Å². The van der Waals surface area contributed by atoms with Gasteiger partial charge in [0.05, 0.1) is 7.11 Å². The van der Waals surface area contributed by atoms with Crippen molar-refractivity contribution >= 4 is 0 Å². The Morgan fingerprint density at radius 3 is 2.33 bits per heavy atom. The van der Waals surface area contributed by atoms with E-state index in [1.807, 2.05) is 0 Å². The van der Waals surface area contributed by atoms with E-state index in [0.717, 1.165) is 0 Å². The van der Waals surface area contributed by atoms with E-state index < -0.39 is 6.36 Å². The van der Waals surface area contributed by atoms with Gasteiger partial charge in [0.25, 0.3) is 0 Å². The fourth-order valence-electron chi connectivity index (χ4n) is 1.91. The molecule has 2 aromatic carbocycles. The summed E-state index contributed by atoms with van der Waals surface area (Å²) in [5.41, 5.74) is 1.14. The fraction of sp³-hybridized carbons (Fsp3) is 0.125. The van der Waals surface area contributed by atoms with E-state index in [0.29, 0.717) is 16.9 Å². The van der Waals surface area contributed by atoms with Crippen molar-refractivity contribution in [2.45, 2.75) is 6.36 Å². The Bertz CT molecular complexity index is 685. The standard InChI is InChI=1S/C16H11F3O2/c1-3-11-8-9-15(21-16(17,18)19)13(10-11)12-6-4-5-7-14(12)20-2/h1,4-10H,2H3. The molecule has 108 valence electrons. The van der Waals surface area contributed by atoms with Crippen LogP contribution in [-0.4, -0.2) is 13.5 Å². The summed E-state index contributed by atoms with van der Waals surface area (Å²) in [5.74, 6) is 2.49. The Morgan fingerprint density at radius 2 is 1.71 bits per heavy atom. The Labute approximate surface area is 120 Å². The predicted octanol–water partition coefficient (Wildman–Crippen LogP) is 4.24. The molecule has 0 aliphatic heterocycles. The highest BCUT2D eigenvalue weighted by Gasteiger charge is 2.32. The molecule has 2 rings (SSSR count). The Kier molecular flexibility index (Phi) is 4.08. The summed E-state index contributed by atoms with van der Waals surface area (Å²) in [4.78, 5) is 0. The molecule has 2 nitrogen and oxygen atoms in total. The summed E-state index contributed by atoms with van der Waals surface area (Å²) >= 11 is 0. The van der Waals surface area contributed by atoms with Gasteiger partial charge in [0, 0.05) is 16.7 Å². The van der Waals surface area contributed by atoms with Gasteiger partial charge in [0.15, 0.2) is 0 Å². The molecule has 0 aliphatic rings. The highest BCUT2D eigenvalue weighted by atomic mass is 19.4. The third kappa shape index (κ3) is 3.48. The summed E-state index contributed by atoms with van der Waals surface area (Å²) < 4.78 is 46.8. The fourth-order valence-corrected chi connectivity index (χ4v) is 1.91. The number of hydrogen-bond donors (Lipinski definition) is 0. The minimum atomic E-state index is -4.78. The molecule has 0 N–H and O–H groups in total. The van der Waals surface area contributed by atoms with Gasteiger partial charge >= 0.3 is 6.36 Å². The highest BCUT2D eigenvalue weighted by Crippen LogP contribution is 2.38. The van der Waals surface area contributed by atoms with Gasteiger partial charge in [-0.2, -0.15) is 0 Å². The maximum absolute atomic E-state index is 12.5. The van der Waals surface area contributed by atoms with Crippen LogP contribution in [0.25, 0.3) is 11.1 Å². The van der Waals surface area contributed by atoms with E-state index in [-0.39, 0.29) is 11.3 Å². The summed E-state index contributed by atoms with van der Waals surface area (Å²) in [6.07, 6.45) is 0.517. The average molecular weight is 292 g/mol. The van der Waals surface area contributed by atoms with Crippen LogP contribution in [0.4, 0.5) is 13.2 Å². The van der Waals surface area contributed by atoms with E-state index in [1.54, 1.807) is 24.3 Å². The maximum atomic E-state index is 12.5. The molecule has 0 unspecified atom stereocenters. The van der Waals surface area contributed by atoms with Crippen molar-refractivity contribution in [3.05, 3.63) is 48.0 Å². The lowest BCUT2D eigenvalue weighted by Crippen LogP contribution is -2.17. The molecule has 0 saturated carbocycles. The number of rotatable bonds is 3. The summed E-state index contributed by atoms with van der Waals surface area (Å²) in [6.45, 7) is 0. The van der Waals surface area contributed by atoms with Crippen LogP contribution in [0, 0.1) is 12.3 Å². The first kappa shape index (κ1) is 14.8. The number of hydrogen-bond acceptors (Lipinski definition) is 2. The van der Waals surface area contributed by atoms with E-state index in [1.165, 1.54) is 25.3 Å². The molecule has 0 fully saturated rings. The minimum absolute atomic E-state index is 0.222. The molecule has 0 amide bonds. The normalized spacial score (nSPS) is 10.8. The largest absolute Gasteiger partial charge is 0.573 e.